The molecule has 0 saturated heterocycles. The van der Waals surface area contributed by atoms with Gasteiger partial charge in [0.1, 0.15) is 5.82 Å². The maximum Gasteiger partial charge on any atom is 0.276 e. The van der Waals surface area contributed by atoms with E-state index in [-0.39, 0.29) is 23.8 Å². The molecule has 1 rings (SSSR count). The van der Waals surface area contributed by atoms with E-state index in [2.05, 4.69) is 0 Å². The number of hydrogen-bond donors (Lipinski definition) is 1. The van der Waals surface area contributed by atoms with Crippen LogP contribution >= 0.6 is 0 Å². The lowest BCUT2D eigenvalue weighted by Crippen LogP contribution is -2.36. The number of hydrogen-bond acceptors (Lipinski definition) is 4. The second-order valence-corrected chi connectivity index (χ2v) is 4.87. The molecule has 1 unspecified atom stereocenters. The Morgan fingerprint density at radius 2 is 2.05 bits per heavy atom. The van der Waals surface area contributed by atoms with E-state index in [1.54, 1.807) is 11.8 Å². The summed E-state index contributed by atoms with van der Waals surface area (Å²) >= 11 is 0. The predicted molar refractivity (Wildman–Crippen MR) is 70.3 cm³/mol. The van der Waals surface area contributed by atoms with Gasteiger partial charge in [-0.2, -0.15) is 0 Å². The van der Waals surface area contributed by atoms with Crippen molar-refractivity contribution in [1.29, 1.82) is 0 Å². The molecule has 0 fully saturated rings. The highest BCUT2D eigenvalue weighted by atomic mass is 19.1. The Morgan fingerprint density at radius 1 is 1.42 bits per heavy atom. The molecule has 0 spiro atoms. The maximum atomic E-state index is 13.8. The van der Waals surface area contributed by atoms with Gasteiger partial charge in [-0.15, -0.1) is 0 Å². The fourth-order valence-electron chi connectivity index (χ4n) is 1.88. The van der Waals surface area contributed by atoms with Gasteiger partial charge in [0.05, 0.1) is 16.6 Å². The molecule has 106 valence electrons. The third-order valence-electron chi connectivity index (χ3n) is 2.88. The van der Waals surface area contributed by atoms with Crippen LogP contribution in [-0.2, 0) is 6.54 Å². The number of halogens is 1. The Hall–Kier alpha value is -1.53. The minimum Gasteiger partial charge on any atom is -0.392 e. The van der Waals surface area contributed by atoms with Gasteiger partial charge in [-0.25, -0.2) is 4.39 Å². The first-order valence-corrected chi connectivity index (χ1v) is 6.16. The van der Waals surface area contributed by atoms with Crippen LogP contribution in [0.15, 0.2) is 18.2 Å². The smallest absolute Gasteiger partial charge is 0.276 e. The molecule has 1 atom stereocenters. The van der Waals surface area contributed by atoms with Crippen LogP contribution in [0.2, 0.25) is 0 Å². The summed E-state index contributed by atoms with van der Waals surface area (Å²) in [5.41, 5.74) is -0.168. The van der Waals surface area contributed by atoms with Crippen LogP contribution in [0.5, 0.6) is 0 Å². The Morgan fingerprint density at radius 3 is 2.53 bits per heavy atom. The lowest BCUT2D eigenvalue weighted by atomic mass is 10.1. The van der Waals surface area contributed by atoms with E-state index in [1.807, 2.05) is 13.8 Å². The number of rotatable bonds is 6. The summed E-state index contributed by atoms with van der Waals surface area (Å²) in [6.07, 6.45) is -0.576. The molecular formula is C13H19FN2O3. The van der Waals surface area contributed by atoms with Crippen LogP contribution in [0.4, 0.5) is 10.1 Å². The van der Waals surface area contributed by atoms with E-state index >= 15 is 0 Å². The van der Waals surface area contributed by atoms with Crippen LogP contribution in [0.3, 0.4) is 0 Å². The Balaban J connectivity index is 3.05. The van der Waals surface area contributed by atoms with Crippen molar-refractivity contribution >= 4 is 5.69 Å². The summed E-state index contributed by atoms with van der Waals surface area (Å²) in [6, 6.07) is 3.88. The fourth-order valence-corrected chi connectivity index (χ4v) is 1.88. The average molecular weight is 270 g/mol. The van der Waals surface area contributed by atoms with Gasteiger partial charge in [0.2, 0.25) is 0 Å². The number of nitro benzene ring substituents is 1. The van der Waals surface area contributed by atoms with Crippen molar-refractivity contribution in [1.82, 2.24) is 4.90 Å². The number of aliphatic hydroxyl groups is 1. The lowest BCUT2D eigenvalue weighted by molar-refractivity contribution is -0.386. The molecule has 0 aliphatic rings. The molecule has 6 heteroatoms. The second kappa shape index (κ2) is 6.58. The third kappa shape index (κ3) is 4.25. The van der Waals surface area contributed by atoms with Crippen molar-refractivity contribution in [2.24, 2.45) is 0 Å². The first-order chi connectivity index (χ1) is 8.82. The van der Waals surface area contributed by atoms with E-state index in [9.17, 15) is 19.6 Å². The summed E-state index contributed by atoms with van der Waals surface area (Å²) in [6.45, 7) is 5.87. The highest BCUT2D eigenvalue weighted by molar-refractivity contribution is 5.40. The van der Waals surface area contributed by atoms with Crippen molar-refractivity contribution in [3.8, 4) is 0 Å². The van der Waals surface area contributed by atoms with Crippen LogP contribution in [0.25, 0.3) is 0 Å². The van der Waals surface area contributed by atoms with Crippen molar-refractivity contribution in [2.75, 3.05) is 6.54 Å². The van der Waals surface area contributed by atoms with Gasteiger partial charge in [-0.05, 0) is 26.8 Å². The highest BCUT2D eigenvalue weighted by Crippen LogP contribution is 2.23. The predicted octanol–water partition coefficient (Wildman–Crippen LogP) is 2.33. The molecule has 0 heterocycles. The summed E-state index contributed by atoms with van der Waals surface area (Å²) in [7, 11) is 0. The quantitative estimate of drug-likeness (QED) is 0.636. The van der Waals surface area contributed by atoms with Crippen LogP contribution in [-0.4, -0.2) is 33.6 Å². The molecule has 5 nitrogen and oxygen atoms in total. The minimum absolute atomic E-state index is 0.0498. The van der Waals surface area contributed by atoms with Crippen LogP contribution < -0.4 is 0 Å². The summed E-state index contributed by atoms with van der Waals surface area (Å²) in [5, 5.41) is 20.3. The lowest BCUT2D eigenvalue weighted by Gasteiger charge is -2.27. The molecule has 19 heavy (non-hydrogen) atoms. The van der Waals surface area contributed by atoms with Gasteiger partial charge < -0.3 is 5.11 Å². The van der Waals surface area contributed by atoms with Crippen molar-refractivity contribution in [3.05, 3.63) is 39.7 Å². The summed E-state index contributed by atoms with van der Waals surface area (Å²) in [5.74, 6) is -0.592. The monoisotopic (exact) mass is 270 g/mol. The maximum absolute atomic E-state index is 13.8. The fraction of sp³-hybridized carbons (Fsp3) is 0.538. The molecular weight excluding hydrogens is 251 g/mol. The van der Waals surface area contributed by atoms with E-state index in [1.165, 1.54) is 18.2 Å². The standard InChI is InChI=1S/C13H19FN2O3/c1-9(2)15(7-10(3)17)8-11-12(14)5-4-6-13(11)16(18)19/h4-6,9-10,17H,7-8H2,1-3H3. The van der Waals surface area contributed by atoms with E-state index in [0.29, 0.717) is 6.54 Å². The normalized spacial score (nSPS) is 13.0. The van der Waals surface area contributed by atoms with Gasteiger partial charge in [0, 0.05) is 25.2 Å². The first kappa shape index (κ1) is 15.5. The highest BCUT2D eigenvalue weighted by Gasteiger charge is 2.22. The third-order valence-corrected chi connectivity index (χ3v) is 2.88. The topological polar surface area (TPSA) is 66.6 Å². The number of aliphatic hydroxyl groups excluding tert-OH is 1. The zero-order chi connectivity index (χ0) is 14.6. The average Bonchev–Trinajstić information content (AvgIpc) is 2.29. The minimum atomic E-state index is -0.592. The molecule has 0 bridgehead atoms. The number of nitrogens with zero attached hydrogens (tertiary/aromatic N) is 2. The van der Waals surface area contributed by atoms with E-state index in [0.717, 1.165) is 0 Å². The second-order valence-electron chi connectivity index (χ2n) is 4.87. The van der Waals surface area contributed by atoms with Crippen molar-refractivity contribution in [3.63, 3.8) is 0 Å². The van der Waals surface area contributed by atoms with Crippen LogP contribution in [0, 0.1) is 15.9 Å². The van der Waals surface area contributed by atoms with Crippen LogP contribution in [0.1, 0.15) is 26.3 Å². The van der Waals surface area contributed by atoms with Gasteiger partial charge in [-0.1, -0.05) is 6.07 Å². The number of nitro groups is 1. The zero-order valence-corrected chi connectivity index (χ0v) is 11.3. The number of benzene rings is 1. The van der Waals surface area contributed by atoms with Gasteiger partial charge in [0.25, 0.3) is 5.69 Å². The van der Waals surface area contributed by atoms with Crippen molar-refractivity contribution < 1.29 is 14.4 Å². The van der Waals surface area contributed by atoms with Gasteiger partial charge >= 0.3 is 0 Å². The largest absolute Gasteiger partial charge is 0.392 e. The molecule has 0 aliphatic carbocycles. The molecule has 0 aromatic heterocycles. The Bertz CT molecular complexity index is 450. The van der Waals surface area contributed by atoms with E-state index < -0.39 is 16.8 Å². The summed E-state index contributed by atoms with van der Waals surface area (Å²) in [4.78, 5) is 12.1. The van der Waals surface area contributed by atoms with Crippen molar-refractivity contribution in [2.45, 2.75) is 39.5 Å². The molecule has 0 aliphatic heterocycles. The SMILES string of the molecule is CC(O)CN(Cc1c(F)cccc1[N+](=O)[O-])C(C)C. The molecule has 1 N–H and O–H groups in total. The van der Waals surface area contributed by atoms with Gasteiger partial charge in [-0.3, -0.25) is 15.0 Å². The molecule has 0 radical (unpaired) electrons. The zero-order valence-electron chi connectivity index (χ0n) is 11.3. The molecule has 1 aromatic rings. The molecule has 0 saturated carbocycles. The Labute approximate surface area is 111 Å². The molecule has 0 amide bonds. The first-order valence-electron chi connectivity index (χ1n) is 6.16. The molecule has 1 aromatic carbocycles. The van der Waals surface area contributed by atoms with Gasteiger partial charge in [0.15, 0.2) is 0 Å². The van der Waals surface area contributed by atoms with E-state index in [4.69, 9.17) is 0 Å². The Kier molecular flexibility index (Phi) is 5.38. The summed E-state index contributed by atoms with van der Waals surface area (Å²) < 4.78 is 13.8.